The molecule has 1 fully saturated rings. The van der Waals surface area contributed by atoms with Gasteiger partial charge in [0, 0.05) is 38.7 Å². The third-order valence-electron chi connectivity index (χ3n) is 5.33. The Bertz CT molecular complexity index is 1030. The molecule has 2 heterocycles. The second-order valence-corrected chi connectivity index (χ2v) is 8.57. The molecular formula is C22H22IN3O4. The van der Waals surface area contributed by atoms with E-state index in [-0.39, 0.29) is 11.7 Å². The molecule has 8 heteroatoms. The zero-order chi connectivity index (χ0) is 20.9. The number of ether oxygens (including phenoxy) is 1. The minimum absolute atomic E-state index is 0.0662. The first kappa shape index (κ1) is 20.8. The van der Waals surface area contributed by atoms with E-state index in [0.29, 0.717) is 24.4 Å². The first-order valence-corrected chi connectivity index (χ1v) is 11.0. The number of nitrogens with zero attached hydrogens (tertiary/aromatic N) is 2. The summed E-state index contributed by atoms with van der Waals surface area (Å²) in [6.45, 7) is 2.60. The number of rotatable bonds is 6. The Labute approximate surface area is 187 Å². The minimum atomic E-state index is -0.502. The molecule has 0 bridgehead atoms. The zero-order valence-corrected chi connectivity index (χ0v) is 18.5. The van der Waals surface area contributed by atoms with Crippen molar-refractivity contribution in [1.29, 1.82) is 0 Å². The van der Waals surface area contributed by atoms with Crippen LogP contribution in [-0.2, 0) is 4.74 Å². The number of piperidine rings is 1. The van der Waals surface area contributed by atoms with Gasteiger partial charge in [0.25, 0.3) is 0 Å². The summed E-state index contributed by atoms with van der Waals surface area (Å²) in [5.74, 6) is 0.293. The van der Waals surface area contributed by atoms with Gasteiger partial charge in [-0.3, -0.25) is 15.0 Å². The highest BCUT2D eigenvalue weighted by Gasteiger charge is 2.25. The van der Waals surface area contributed by atoms with E-state index >= 15 is 0 Å². The van der Waals surface area contributed by atoms with Crippen LogP contribution in [-0.4, -0.2) is 48.2 Å². The van der Waals surface area contributed by atoms with Gasteiger partial charge in [-0.25, -0.2) is 4.79 Å². The molecule has 7 nitrogen and oxygen atoms in total. The SMILES string of the molecule is O=C(Nc1ccc2cnoc2c1)OCCN1CCC(C(=O)c2ccc(I)cc2)CC1. The Kier molecular flexibility index (Phi) is 6.63. The van der Waals surface area contributed by atoms with Gasteiger partial charge in [0.2, 0.25) is 0 Å². The first-order chi connectivity index (χ1) is 14.6. The highest BCUT2D eigenvalue weighted by atomic mass is 127. The van der Waals surface area contributed by atoms with E-state index in [2.05, 4.69) is 38.0 Å². The molecule has 1 aliphatic rings. The van der Waals surface area contributed by atoms with Crippen molar-refractivity contribution in [2.24, 2.45) is 5.92 Å². The lowest BCUT2D eigenvalue weighted by atomic mass is 9.89. The van der Waals surface area contributed by atoms with Gasteiger partial charge >= 0.3 is 6.09 Å². The molecule has 30 heavy (non-hydrogen) atoms. The molecule has 2 aromatic carbocycles. The van der Waals surface area contributed by atoms with Crippen molar-refractivity contribution >= 4 is 51.1 Å². The van der Waals surface area contributed by atoms with E-state index in [0.717, 1.165) is 40.5 Å². The van der Waals surface area contributed by atoms with Crippen LogP contribution in [0.5, 0.6) is 0 Å². The van der Waals surface area contributed by atoms with Gasteiger partial charge in [0.05, 0.1) is 6.20 Å². The van der Waals surface area contributed by atoms with Crippen LogP contribution >= 0.6 is 22.6 Å². The molecule has 1 amide bonds. The summed E-state index contributed by atoms with van der Waals surface area (Å²) in [4.78, 5) is 26.9. The summed E-state index contributed by atoms with van der Waals surface area (Å²) in [5, 5.41) is 7.28. The Morgan fingerprint density at radius 2 is 1.93 bits per heavy atom. The zero-order valence-electron chi connectivity index (χ0n) is 16.3. The van der Waals surface area contributed by atoms with Crippen molar-refractivity contribution in [2.75, 3.05) is 31.6 Å². The molecule has 0 unspecified atom stereocenters. The van der Waals surface area contributed by atoms with E-state index in [4.69, 9.17) is 9.26 Å². The largest absolute Gasteiger partial charge is 0.448 e. The molecule has 0 atom stereocenters. The van der Waals surface area contributed by atoms with Gasteiger partial charge in [-0.05, 0) is 72.8 Å². The maximum absolute atomic E-state index is 12.6. The number of amides is 1. The van der Waals surface area contributed by atoms with Crippen LogP contribution in [0, 0.1) is 9.49 Å². The number of aromatic nitrogens is 1. The van der Waals surface area contributed by atoms with E-state index in [1.165, 1.54) is 0 Å². The molecule has 1 saturated heterocycles. The number of anilines is 1. The highest BCUT2D eigenvalue weighted by Crippen LogP contribution is 2.22. The summed E-state index contributed by atoms with van der Waals surface area (Å²) in [6, 6.07) is 13.0. The standard InChI is InChI=1S/C22H22IN3O4/c23-18-4-1-15(2-5-18)21(27)16-7-9-26(10-8-16)11-12-29-22(28)25-19-6-3-17-14-24-30-20(17)13-19/h1-6,13-14,16H,7-12H2,(H,25,28). The van der Waals surface area contributed by atoms with Crippen LogP contribution in [0.15, 0.2) is 53.2 Å². The quantitative estimate of drug-likeness (QED) is 0.380. The lowest BCUT2D eigenvalue weighted by Gasteiger charge is -2.31. The second kappa shape index (κ2) is 9.57. The number of likely N-dealkylation sites (tertiary alicyclic amines) is 1. The van der Waals surface area contributed by atoms with E-state index in [1.54, 1.807) is 18.3 Å². The van der Waals surface area contributed by atoms with Crippen molar-refractivity contribution in [1.82, 2.24) is 10.1 Å². The van der Waals surface area contributed by atoms with Gasteiger partial charge in [0.1, 0.15) is 6.61 Å². The lowest BCUT2D eigenvalue weighted by molar-refractivity contribution is 0.0813. The van der Waals surface area contributed by atoms with Crippen LogP contribution in [0.1, 0.15) is 23.2 Å². The number of halogens is 1. The van der Waals surface area contributed by atoms with E-state index < -0.39 is 6.09 Å². The number of nitrogens with one attached hydrogen (secondary N) is 1. The fraction of sp³-hybridized carbons (Fsp3) is 0.318. The molecular weight excluding hydrogens is 497 g/mol. The van der Waals surface area contributed by atoms with Gasteiger partial charge in [-0.1, -0.05) is 17.3 Å². The highest BCUT2D eigenvalue weighted by molar-refractivity contribution is 14.1. The monoisotopic (exact) mass is 519 g/mol. The number of fused-ring (bicyclic) bond motifs is 1. The van der Waals surface area contributed by atoms with Gasteiger partial charge in [-0.2, -0.15) is 0 Å². The minimum Gasteiger partial charge on any atom is -0.448 e. The lowest BCUT2D eigenvalue weighted by Crippen LogP contribution is -2.38. The topological polar surface area (TPSA) is 84.7 Å². The Morgan fingerprint density at radius 3 is 2.70 bits per heavy atom. The van der Waals surface area contributed by atoms with Crippen LogP contribution in [0.4, 0.5) is 10.5 Å². The smallest absolute Gasteiger partial charge is 0.411 e. The van der Waals surface area contributed by atoms with Gasteiger partial charge < -0.3 is 9.26 Å². The third-order valence-corrected chi connectivity index (χ3v) is 6.05. The van der Waals surface area contributed by atoms with Crippen molar-refractivity contribution in [3.05, 3.63) is 57.8 Å². The van der Waals surface area contributed by atoms with Crippen molar-refractivity contribution < 1.29 is 18.8 Å². The molecule has 1 N–H and O–H groups in total. The number of hydrogen-bond acceptors (Lipinski definition) is 6. The summed E-state index contributed by atoms with van der Waals surface area (Å²) in [6.07, 6.45) is 2.77. The maximum atomic E-state index is 12.6. The third kappa shape index (κ3) is 5.17. The molecule has 0 saturated carbocycles. The summed E-state index contributed by atoms with van der Waals surface area (Å²) >= 11 is 2.24. The fourth-order valence-electron chi connectivity index (χ4n) is 3.63. The Hall–Kier alpha value is -2.46. The number of benzene rings is 2. The fourth-order valence-corrected chi connectivity index (χ4v) is 3.99. The Morgan fingerprint density at radius 1 is 1.17 bits per heavy atom. The summed E-state index contributed by atoms with van der Waals surface area (Å²) < 4.78 is 11.5. The van der Waals surface area contributed by atoms with Crippen molar-refractivity contribution in [2.45, 2.75) is 12.8 Å². The molecule has 0 spiro atoms. The number of carbonyl (C=O) groups is 2. The summed E-state index contributed by atoms with van der Waals surface area (Å²) in [7, 11) is 0. The van der Waals surface area contributed by atoms with Crippen LogP contribution in [0.25, 0.3) is 11.0 Å². The average molecular weight is 519 g/mol. The average Bonchev–Trinajstić information content (AvgIpc) is 3.22. The van der Waals surface area contributed by atoms with Crippen molar-refractivity contribution in [3.63, 3.8) is 0 Å². The molecule has 156 valence electrons. The van der Waals surface area contributed by atoms with Crippen LogP contribution < -0.4 is 5.32 Å². The number of hydrogen-bond donors (Lipinski definition) is 1. The first-order valence-electron chi connectivity index (χ1n) is 9.89. The summed E-state index contributed by atoms with van der Waals surface area (Å²) in [5.41, 5.74) is 1.99. The number of carbonyl (C=O) groups excluding carboxylic acids is 2. The number of ketones is 1. The molecule has 1 aromatic heterocycles. The molecule has 0 aliphatic carbocycles. The maximum Gasteiger partial charge on any atom is 0.411 e. The van der Waals surface area contributed by atoms with E-state index in [9.17, 15) is 9.59 Å². The number of Topliss-reactive ketones (excluding diaryl/α,β-unsaturated/α-hetero) is 1. The van der Waals surface area contributed by atoms with E-state index in [1.807, 2.05) is 30.3 Å². The molecule has 4 rings (SSSR count). The van der Waals surface area contributed by atoms with Crippen LogP contribution in [0.2, 0.25) is 0 Å². The van der Waals surface area contributed by atoms with Crippen molar-refractivity contribution in [3.8, 4) is 0 Å². The van der Waals surface area contributed by atoms with Gasteiger partial charge in [-0.15, -0.1) is 0 Å². The molecule has 1 aliphatic heterocycles. The predicted molar refractivity (Wildman–Crippen MR) is 122 cm³/mol. The van der Waals surface area contributed by atoms with Gasteiger partial charge in [0.15, 0.2) is 11.4 Å². The predicted octanol–water partition coefficient (Wildman–Crippen LogP) is 4.58. The molecule has 3 aromatic rings. The second-order valence-electron chi connectivity index (χ2n) is 7.33. The van der Waals surface area contributed by atoms with Crippen LogP contribution in [0.3, 0.4) is 0 Å². The molecule has 0 radical (unpaired) electrons. The normalized spacial score (nSPS) is 15.2. The Balaban J connectivity index is 1.18.